The third kappa shape index (κ3) is 6.45. The second-order valence-corrected chi connectivity index (χ2v) is 8.01. The standard InChI is InChI=1S/C30H26O6/c1-34-25-12-7-22(8-13-25)20-36-30-18-26(35-19-21-5-3-2-4-6-21)14-9-23(30)10-16-28(32)27-15-11-24(31)17-29(27)33/h2-18,31,33H,19-20H2,1H3. The fourth-order valence-electron chi connectivity index (χ4n) is 3.47. The Labute approximate surface area is 209 Å². The molecule has 0 bridgehead atoms. The summed E-state index contributed by atoms with van der Waals surface area (Å²) in [5.41, 5.74) is 2.75. The second-order valence-electron chi connectivity index (χ2n) is 8.01. The van der Waals surface area contributed by atoms with Gasteiger partial charge in [-0.2, -0.15) is 0 Å². The number of methoxy groups -OCH3 is 1. The number of hydrogen-bond donors (Lipinski definition) is 2. The molecule has 182 valence electrons. The predicted octanol–water partition coefficient (Wildman–Crippen LogP) is 6.16. The first-order valence-electron chi connectivity index (χ1n) is 11.3. The van der Waals surface area contributed by atoms with Crippen LogP contribution in [0, 0.1) is 0 Å². The number of phenolic OH excluding ortho intramolecular Hbond substituents is 2. The lowest BCUT2D eigenvalue weighted by molar-refractivity contribution is 0.104. The number of benzene rings is 4. The Hall–Kier alpha value is -4.71. The molecule has 0 aromatic heterocycles. The van der Waals surface area contributed by atoms with E-state index in [2.05, 4.69) is 0 Å². The molecule has 0 saturated carbocycles. The van der Waals surface area contributed by atoms with Crippen LogP contribution < -0.4 is 14.2 Å². The Balaban J connectivity index is 1.54. The first-order chi connectivity index (χ1) is 17.5. The molecule has 4 aromatic rings. The van der Waals surface area contributed by atoms with Crippen molar-refractivity contribution in [3.05, 3.63) is 119 Å². The van der Waals surface area contributed by atoms with Crippen LogP contribution in [0.5, 0.6) is 28.7 Å². The molecule has 6 heteroatoms. The van der Waals surface area contributed by atoms with E-state index >= 15 is 0 Å². The molecule has 4 rings (SSSR count). The number of hydrogen-bond acceptors (Lipinski definition) is 6. The summed E-state index contributed by atoms with van der Waals surface area (Å²) < 4.78 is 17.3. The average molecular weight is 483 g/mol. The van der Waals surface area contributed by atoms with Crippen molar-refractivity contribution in [1.29, 1.82) is 0 Å². The van der Waals surface area contributed by atoms with E-state index in [0.717, 1.165) is 22.9 Å². The van der Waals surface area contributed by atoms with Crippen LogP contribution in [0.15, 0.2) is 97.1 Å². The first kappa shape index (κ1) is 24.4. The summed E-state index contributed by atoms with van der Waals surface area (Å²) in [4.78, 5) is 12.6. The molecule has 0 spiro atoms. The molecule has 0 heterocycles. The molecule has 0 aliphatic rings. The van der Waals surface area contributed by atoms with Crippen LogP contribution in [0.25, 0.3) is 6.08 Å². The van der Waals surface area contributed by atoms with Crippen LogP contribution >= 0.6 is 0 Å². The Morgan fingerprint density at radius 2 is 1.47 bits per heavy atom. The van der Waals surface area contributed by atoms with Crippen molar-refractivity contribution in [1.82, 2.24) is 0 Å². The molecule has 0 radical (unpaired) electrons. The molecule has 4 aromatic carbocycles. The molecule has 0 amide bonds. The summed E-state index contributed by atoms with van der Waals surface area (Å²) in [6.45, 7) is 0.715. The minimum Gasteiger partial charge on any atom is -0.508 e. The van der Waals surface area contributed by atoms with Gasteiger partial charge in [0.25, 0.3) is 0 Å². The smallest absolute Gasteiger partial charge is 0.189 e. The van der Waals surface area contributed by atoms with Crippen molar-refractivity contribution in [2.75, 3.05) is 7.11 Å². The summed E-state index contributed by atoms with van der Waals surface area (Å²) in [5, 5.41) is 19.4. The molecule has 0 unspecified atom stereocenters. The average Bonchev–Trinajstić information content (AvgIpc) is 2.90. The topological polar surface area (TPSA) is 85.2 Å². The summed E-state index contributed by atoms with van der Waals surface area (Å²) in [7, 11) is 1.62. The minimum atomic E-state index is -0.405. The van der Waals surface area contributed by atoms with Gasteiger partial charge in [-0.1, -0.05) is 42.5 Å². The van der Waals surface area contributed by atoms with Crippen molar-refractivity contribution < 1.29 is 29.2 Å². The van der Waals surface area contributed by atoms with Crippen molar-refractivity contribution in [2.45, 2.75) is 13.2 Å². The number of ether oxygens (including phenoxy) is 3. The highest BCUT2D eigenvalue weighted by Gasteiger charge is 2.11. The Morgan fingerprint density at radius 1 is 0.778 bits per heavy atom. The van der Waals surface area contributed by atoms with Crippen LogP contribution in [-0.2, 0) is 13.2 Å². The minimum absolute atomic E-state index is 0.0903. The summed E-state index contributed by atoms with van der Waals surface area (Å²) in [6.07, 6.45) is 2.98. The number of carbonyl (C=O) groups excluding carboxylic acids is 1. The van der Waals surface area contributed by atoms with E-state index in [1.807, 2.05) is 66.7 Å². The van der Waals surface area contributed by atoms with E-state index < -0.39 is 5.78 Å². The van der Waals surface area contributed by atoms with E-state index in [4.69, 9.17) is 14.2 Å². The summed E-state index contributed by atoms with van der Waals surface area (Å²) in [5.74, 6) is 1.12. The Bertz CT molecular complexity index is 1340. The summed E-state index contributed by atoms with van der Waals surface area (Å²) >= 11 is 0. The normalized spacial score (nSPS) is 10.8. The maximum atomic E-state index is 12.6. The molecule has 0 aliphatic heterocycles. The number of aromatic hydroxyl groups is 2. The van der Waals surface area contributed by atoms with Gasteiger partial charge in [-0.25, -0.2) is 0 Å². The van der Waals surface area contributed by atoms with Gasteiger partial charge < -0.3 is 24.4 Å². The molecular weight excluding hydrogens is 456 g/mol. The van der Waals surface area contributed by atoms with E-state index in [9.17, 15) is 15.0 Å². The zero-order chi connectivity index (χ0) is 25.3. The van der Waals surface area contributed by atoms with Crippen LogP contribution in [0.1, 0.15) is 27.0 Å². The van der Waals surface area contributed by atoms with Gasteiger partial charge in [-0.3, -0.25) is 4.79 Å². The maximum Gasteiger partial charge on any atom is 0.189 e. The maximum absolute atomic E-state index is 12.6. The van der Waals surface area contributed by atoms with E-state index in [0.29, 0.717) is 30.3 Å². The number of rotatable bonds is 10. The highest BCUT2D eigenvalue weighted by Crippen LogP contribution is 2.29. The predicted molar refractivity (Wildman–Crippen MR) is 138 cm³/mol. The molecule has 6 nitrogen and oxygen atoms in total. The van der Waals surface area contributed by atoms with Crippen LogP contribution in [-0.4, -0.2) is 23.1 Å². The van der Waals surface area contributed by atoms with Crippen LogP contribution in [0.4, 0.5) is 0 Å². The van der Waals surface area contributed by atoms with Crippen molar-refractivity contribution in [3.8, 4) is 28.7 Å². The van der Waals surface area contributed by atoms with Crippen molar-refractivity contribution in [2.24, 2.45) is 0 Å². The number of phenols is 2. The summed E-state index contributed by atoms with van der Waals surface area (Å²) in [6, 6.07) is 26.7. The van der Waals surface area contributed by atoms with Gasteiger partial charge in [0.2, 0.25) is 0 Å². The highest BCUT2D eigenvalue weighted by atomic mass is 16.5. The second kappa shape index (κ2) is 11.6. The zero-order valence-corrected chi connectivity index (χ0v) is 19.8. The molecular formula is C30H26O6. The SMILES string of the molecule is COc1ccc(COc2cc(OCc3ccccc3)ccc2C=CC(=O)c2ccc(O)cc2O)cc1. The van der Waals surface area contributed by atoms with E-state index in [1.54, 1.807) is 19.3 Å². The van der Waals surface area contributed by atoms with Gasteiger partial charge in [-0.15, -0.1) is 0 Å². The molecule has 2 N–H and O–H groups in total. The Morgan fingerprint density at radius 3 is 2.19 bits per heavy atom. The third-order valence-electron chi connectivity index (χ3n) is 5.45. The van der Waals surface area contributed by atoms with Crippen LogP contribution in [0.2, 0.25) is 0 Å². The fourth-order valence-corrected chi connectivity index (χ4v) is 3.47. The van der Waals surface area contributed by atoms with Gasteiger partial charge in [0.1, 0.15) is 42.0 Å². The lowest BCUT2D eigenvalue weighted by atomic mass is 10.1. The molecule has 36 heavy (non-hydrogen) atoms. The zero-order valence-electron chi connectivity index (χ0n) is 19.8. The third-order valence-corrected chi connectivity index (χ3v) is 5.45. The highest BCUT2D eigenvalue weighted by molar-refractivity contribution is 6.08. The van der Waals surface area contributed by atoms with Crippen molar-refractivity contribution >= 4 is 11.9 Å². The number of allylic oxidation sites excluding steroid dienone is 1. The van der Waals surface area contributed by atoms with Gasteiger partial charge in [0.05, 0.1) is 12.7 Å². The number of carbonyl (C=O) groups is 1. The van der Waals surface area contributed by atoms with Crippen LogP contribution in [0.3, 0.4) is 0 Å². The van der Waals surface area contributed by atoms with Gasteiger partial charge in [-0.05, 0) is 59.7 Å². The molecule has 0 fully saturated rings. The number of ketones is 1. The lowest BCUT2D eigenvalue weighted by Gasteiger charge is -2.13. The molecule has 0 aliphatic carbocycles. The largest absolute Gasteiger partial charge is 0.508 e. The Kier molecular flexibility index (Phi) is 7.88. The van der Waals surface area contributed by atoms with E-state index in [-0.39, 0.29) is 17.1 Å². The molecule has 0 atom stereocenters. The van der Waals surface area contributed by atoms with Crippen molar-refractivity contribution in [3.63, 3.8) is 0 Å². The van der Waals surface area contributed by atoms with Gasteiger partial charge >= 0.3 is 0 Å². The quantitative estimate of drug-likeness (QED) is 0.208. The monoisotopic (exact) mass is 482 g/mol. The first-order valence-corrected chi connectivity index (χ1v) is 11.3. The molecule has 0 saturated heterocycles. The van der Waals surface area contributed by atoms with Gasteiger partial charge in [0, 0.05) is 17.7 Å². The van der Waals surface area contributed by atoms with E-state index in [1.165, 1.54) is 18.2 Å². The lowest BCUT2D eigenvalue weighted by Crippen LogP contribution is -2.00. The fraction of sp³-hybridized carbons (Fsp3) is 0.100. The van der Waals surface area contributed by atoms with Gasteiger partial charge in [0.15, 0.2) is 5.78 Å².